The maximum absolute atomic E-state index is 13.8. The number of hydrogen-bond donors (Lipinski definition) is 2. The predicted molar refractivity (Wildman–Crippen MR) is 71.7 cm³/mol. The molecule has 0 fully saturated rings. The number of carbonyl (C=O) groups excluding carboxylic acids is 1. The maximum Gasteiger partial charge on any atom is 0.409 e. The molecule has 2 aromatic rings. The molecule has 1 heterocycles. The van der Waals surface area contributed by atoms with Crippen molar-refractivity contribution in [2.45, 2.75) is 0 Å². The number of rotatable bonds is 3. The van der Waals surface area contributed by atoms with E-state index in [9.17, 15) is 14.0 Å². The number of aromatic nitrogens is 1. The molecule has 2 rings (SSSR count). The number of anilines is 1. The number of halogens is 2. The summed E-state index contributed by atoms with van der Waals surface area (Å²) in [5.41, 5.74) is 0.856. The third-order valence-corrected chi connectivity index (χ3v) is 2.82. The molecule has 2 N–H and O–H groups in total. The second-order valence-corrected chi connectivity index (χ2v) is 4.27. The normalized spacial score (nSPS) is 10.1. The van der Waals surface area contributed by atoms with Gasteiger partial charge < -0.3 is 5.11 Å². The van der Waals surface area contributed by atoms with E-state index < -0.39 is 11.9 Å². The molecule has 0 aliphatic rings. The molecule has 0 radical (unpaired) electrons. The van der Waals surface area contributed by atoms with Gasteiger partial charge in [0.2, 0.25) is 0 Å². The van der Waals surface area contributed by atoms with Gasteiger partial charge in [0.1, 0.15) is 5.82 Å². The van der Waals surface area contributed by atoms with E-state index in [1.807, 2.05) is 5.32 Å². The summed E-state index contributed by atoms with van der Waals surface area (Å²) in [7, 11) is 0. The standard InChI is InChI=1S/C13H8ClFN2O3/c14-10-3-12(17-13(19)20)11(15)2-9(10)8-1-7(6-18)4-16-5-8/h1-6,17H,(H,19,20). The molecule has 7 heteroatoms. The maximum atomic E-state index is 13.8. The van der Waals surface area contributed by atoms with E-state index >= 15 is 0 Å². The molecule has 0 aliphatic heterocycles. The van der Waals surface area contributed by atoms with E-state index in [-0.39, 0.29) is 10.7 Å². The minimum Gasteiger partial charge on any atom is -0.465 e. The van der Waals surface area contributed by atoms with Crippen LogP contribution in [0.3, 0.4) is 0 Å². The van der Waals surface area contributed by atoms with Gasteiger partial charge in [0, 0.05) is 29.1 Å². The molecule has 20 heavy (non-hydrogen) atoms. The monoisotopic (exact) mass is 294 g/mol. The van der Waals surface area contributed by atoms with Gasteiger partial charge in [-0.25, -0.2) is 9.18 Å². The highest BCUT2D eigenvalue weighted by Gasteiger charge is 2.12. The molecule has 1 amide bonds. The van der Waals surface area contributed by atoms with Gasteiger partial charge >= 0.3 is 6.09 Å². The van der Waals surface area contributed by atoms with Gasteiger partial charge in [-0.2, -0.15) is 0 Å². The Labute approximate surface area is 118 Å². The third kappa shape index (κ3) is 2.92. The third-order valence-electron chi connectivity index (χ3n) is 2.50. The van der Waals surface area contributed by atoms with Crippen LogP contribution in [0, 0.1) is 5.82 Å². The van der Waals surface area contributed by atoms with Gasteiger partial charge in [-0.15, -0.1) is 0 Å². The minimum absolute atomic E-state index is 0.139. The zero-order chi connectivity index (χ0) is 14.7. The van der Waals surface area contributed by atoms with Crippen LogP contribution in [-0.2, 0) is 0 Å². The van der Waals surface area contributed by atoms with Gasteiger partial charge in [0.15, 0.2) is 6.29 Å². The molecule has 0 unspecified atom stereocenters. The van der Waals surface area contributed by atoms with Crippen LogP contribution in [0.4, 0.5) is 14.9 Å². The summed E-state index contributed by atoms with van der Waals surface area (Å²) in [5, 5.41) is 10.6. The summed E-state index contributed by atoms with van der Waals surface area (Å²) in [6.45, 7) is 0. The number of hydrogen-bond acceptors (Lipinski definition) is 3. The summed E-state index contributed by atoms with van der Waals surface area (Å²) in [6, 6.07) is 3.75. The van der Waals surface area contributed by atoms with Gasteiger partial charge in [0.05, 0.1) is 10.7 Å². The highest BCUT2D eigenvalue weighted by Crippen LogP contribution is 2.32. The number of benzene rings is 1. The summed E-state index contributed by atoms with van der Waals surface area (Å²) >= 11 is 6.00. The van der Waals surface area contributed by atoms with Crippen molar-refractivity contribution in [3.8, 4) is 11.1 Å². The number of carbonyl (C=O) groups is 2. The molecular formula is C13H8ClFN2O3. The van der Waals surface area contributed by atoms with Crippen LogP contribution in [0.5, 0.6) is 0 Å². The van der Waals surface area contributed by atoms with E-state index in [0.717, 1.165) is 12.1 Å². The Morgan fingerprint density at radius 1 is 1.35 bits per heavy atom. The molecule has 102 valence electrons. The van der Waals surface area contributed by atoms with Crippen LogP contribution in [0.1, 0.15) is 10.4 Å². The molecule has 0 aliphatic carbocycles. The molecule has 0 atom stereocenters. The minimum atomic E-state index is -1.39. The van der Waals surface area contributed by atoms with Crippen molar-refractivity contribution in [2.75, 3.05) is 5.32 Å². The van der Waals surface area contributed by atoms with Crippen molar-refractivity contribution < 1.29 is 19.1 Å². The number of nitrogens with zero attached hydrogens (tertiary/aromatic N) is 1. The highest BCUT2D eigenvalue weighted by atomic mass is 35.5. The quantitative estimate of drug-likeness (QED) is 0.850. The van der Waals surface area contributed by atoms with Crippen LogP contribution >= 0.6 is 11.6 Å². The second kappa shape index (κ2) is 5.66. The smallest absolute Gasteiger partial charge is 0.409 e. The van der Waals surface area contributed by atoms with Crippen molar-refractivity contribution in [2.24, 2.45) is 0 Å². The lowest BCUT2D eigenvalue weighted by molar-refractivity contribution is 0.112. The van der Waals surface area contributed by atoms with E-state index in [0.29, 0.717) is 23.0 Å². The molecule has 1 aromatic heterocycles. The lowest BCUT2D eigenvalue weighted by atomic mass is 10.1. The molecule has 1 aromatic carbocycles. The highest BCUT2D eigenvalue weighted by molar-refractivity contribution is 6.33. The first-order chi connectivity index (χ1) is 9.51. The zero-order valence-electron chi connectivity index (χ0n) is 9.93. The van der Waals surface area contributed by atoms with Crippen molar-refractivity contribution >= 4 is 29.7 Å². The van der Waals surface area contributed by atoms with E-state index in [1.54, 1.807) is 0 Å². The lowest BCUT2D eigenvalue weighted by Gasteiger charge is -2.09. The Hall–Kier alpha value is -2.47. The number of carboxylic acid groups (broad SMARTS) is 1. The zero-order valence-corrected chi connectivity index (χ0v) is 10.7. The van der Waals surface area contributed by atoms with E-state index in [4.69, 9.17) is 16.7 Å². The number of nitrogens with one attached hydrogen (secondary N) is 1. The van der Waals surface area contributed by atoms with Crippen molar-refractivity contribution in [1.82, 2.24) is 4.98 Å². The molecule has 0 spiro atoms. The largest absolute Gasteiger partial charge is 0.465 e. The van der Waals surface area contributed by atoms with Crippen LogP contribution in [0.2, 0.25) is 5.02 Å². The Balaban J connectivity index is 2.49. The Kier molecular flexibility index (Phi) is 3.95. The van der Waals surface area contributed by atoms with Gasteiger partial charge in [-0.1, -0.05) is 11.6 Å². The number of pyridine rings is 1. The first kappa shape index (κ1) is 14.0. The SMILES string of the molecule is O=Cc1cncc(-c2cc(F)c(NC(=O)O)cc2Cl)c1. The van der Waals surface area contributed by atoms with Crippen molar-refractivity contribution in [3.63, 3.8) is 0 Å². The second-order valence-electron chi connectivity index (χ2n) is 3.87. The van der Waals surface area contributed by atoms with Gasteiger partial charge in [0.25, 0.3) is 0 Å². The van der Waals surface area contributed by atoms with E-state index in [2.05, 4.69) is 4.98 Å². The fourth-order valence-electron chi connectivity index (χ4n) is 1.65. The van der Waals surface area contributed by atoms with Crippen LogP contribution in [-0.4, -0.2) is 22.5 Å². The topological polar surface area (TPSA) is 79.3 Å². The molecular weight excluding hydrogens is 287 g/mol. The van der Waals surface area contributed by atoms with Crippen LogP contribution in [0.15, 0.2) is 30.6 Å². The average Bonchev–Trinajstić information content (AvgIpc) is 2.42. The molecule has 5 nitrogen and oxygen atoms in total. The number of aldehydes is 1. The fourth-order valence-corrected chi connectivity index (χ4v) is 1.92. The summed E-state index contributed by atoms with van der Waals surface area (Å²) in [6.07, 6.45) is 2.01. The Morgan fingerprint density at radius 3 is 2.75 bits per heavy atom. The lowest BCUT2D eigenvalue weighted by Crippen LogP contribution is -2.08. The Morgan fingerprint density at radius 2 is 2.10 bits per heavy atom. The van der Waals surface area contributed by atoms with Crippen LogP contribution < -0.4 is 5.32 Å². The van der Waals surface area contributed by atoms with Gasteiger partial charge in [-0.05, 0) is 18.2 Å². The molecule has 0 saturated carbocycles. The van der Waals surface area contributed by atoms with Gasteiger partial charge in [-0.3, -0.25) is 15.1 Å². The van der Waals surface area contributed by atoms with Crippen molar-refractivity contribution in [3.05, 3.63) is 47.0 Å². The molecule has 0 bridgehead atoms. The molecule has 0 saturated heterocycles. The Bertz CT molecular complexity index is 691. The van der Waals surface area contributed by atoms with Crippen molar-refractivity contribution in [1.29, 1.82) is 0 Å². The van der Waals surface area contributed by atoms with E-state index in [1.165, 1.54) is 18.5 Å². The fraction of sp³-hybridized carbons (Fsp3) is 0. The summed E-state index contributed by atoms with van der Waals surface area (Å²) in [4.78, 5) is 25.0. The summed E-state index contributed by atoms with van der Waals surface area (Å²) < 4.78 is 13.8. The first-order valence-corrected chi connectivity index (χ1v) is 5.78. The first-order valence-electron chi connectivity index (χ1n) is 5.41. The number of amides is 1. The van der Waals surface area contributed by atoms with Crippen LogP contribution in [0.25, 0.3) is 11.1 Å². The predicted octanol–water partition coefficient (Wildman–Crippen LogP) is 3.44. The average molecular weight is 295 g/mol. The summed E-state index contributed by atoms with van der Waals surface area (Å²) in [5.74, 6) is -0.775.